The third-order valence-corrected chi connectivity index (χ3v) is 2.76. The highest BCUT2D eigenvalue weighted by atomic mass is 16.3. The fourth-order valence-electron chi connectivity index (χ4n) is 1.96. The molecule has 1 aromatic heterocycles. The van der Waals surface area contributed by atoms with Crippen molar-refractivity contribution >= 4 is 5.69 Å². The molecule has 0 saturated heterocycles. The number of anilines is 1. The van der Waals surface area contributed by atoms with E-state index in [4.69, 9.17) is 0 Å². The summed E-state index contributed by atoms with van der Waals surface area (Å²) < 4.78 is 1.91. The first-order chi connectivity index (χ1) is 7.75. The first kappa shape index (κ1) is 9.08. The van der Waals surface area contributed by atoms with Crippen molar-refractivity contribution in [3.8, 4) is 17.2 Å². The van der Waals surface area contributed by atoms with Crippen molar-refractivity contribution in [2.45, 2.75) is 6.42 Å². The molecule has 3 rings (SSSR count). The summed E-state index contributed by atoms with van der Waals surface area (Å²) >= 11 is 0. The van der Waals surface area contributed by atoms with Crippen molar-refractivity contribution in [2.75, 3.05) is 11.9 Å². The Morgan fingerprint density at radius 1 is 1.25 bits per heavy atom. The van der Waals surface area contributed by atoms with Gasteiger partial charge in [0, 0.05) is 37.0 Å². The summed E-state index contributed by atoms with van der Waals surface area (Å²) in [6.07, 6.45) is 4.37. The lowest BCUT2D eigenvalue weighted by Gasteiger charge is -2.10. The Balaban J connectivity index is 2.27. The van der Waals surface area contributed by atoms with Gasteiger partial charge < -0.3 is 20.1 Å². The van der Waals surface area contributed by atoms with Crippen LogP contribution >= 0.6 is 0 Å². The number of nitrogens with zero attached hydrogens (tertiary/aromatic N) is 2. The van der Waals surface area contributed by atoms with Crippen molar-refractivity contribution < 1.29 is 10.2 Å². The quantitative estimate of drug-likeness (QED) is 0.459. The Morgan fingerprint density at radius 3 is 2.94 bits per heavy atom. The molecule has 0 radical (unpaired) electrons. The summed E-state index contributed by atoms with van der Waals surface area (Å²) in [7, 11) is 0. The smallest absolute Gasteiger partial charge is 0.159 e. The molecule has 16 heavy (non-hydrogen) atoms. The highest BCUT2D eigenvalue weighted by Gasteiger charge is 2.15. The van der Waals surface area contributed by atoms with Crippen LogP contribution in [0.15, 0.2) is 24.7 Å². The molecule has 0 fully saturated rings. The van der Waals surface area contributed by atoms with E-state index in [0.717, 1.165) is 30.0 Å². The second kappa shape index (κ2) is 3.16. The van der Waals surface area contributed by atoms with Gasteiger partial charge in [0.15, 0.2) is 11.5 Å². The third kappa shape index (κ3) is 1.21. The first-order valence-electron chi connectivity index (χ1n) is 5.07. The second-order valence-electron chi connectivity index (χ2n) is 3.79. The molecular formula is C11H11N3O2. The average molecular weight is 217 g/mol. The SMILES string of the molecule is Oc1cc2c(cc1O)-n1cncc1CCN2. The lowest BCUT2D eigenvalue weighted by Crippen LogP contribution is -2.01. The van der Waals surface area contributed by atoms with Crippen molar-refractivity contribution in [3.05, 3.63) is 30.4 Å². The molecule has 0 saturated carbocycles. The van der Waals surface area contributed by atoms with Crippen molar-refractivity contribution in [3.63, 3.8) is 0 Å². The number of aromatic hydroxyl groups is 2. The number of phenolic OH excluding ortho intramolecular Hbond substituents is 2. The van der Waals surface area contributed by atoms with E-state index in [2.05, 4.69) is 10.3 Å². The Kier molecular flexibility index (Phi) is 1.80. The summed E-state index contributed by atoms with van der Waals surface area (Å²) in [4.78, 5) is 4.09. The number of hydrogen-bond donors (Lipinski definition) is 3. The molecule has 5 heteroatoms. The van der Waals surface area contributed by atoms with Gasteiger partial charge in [0.25, 0.3) is 0 Å². The molecule has 5 nitrogen and oxygen atoms in total. The minimum Gasteiger partial charge on any atom is -0.504 e. The molecule has 0 spiro atoms. The molecule has 1 aliphatic heterocycles. The molecule has 0 amide bonds. The maximum absolute atomic E-state index is 9.52. The lowest BCUT2D eigenvalue weighted by atomic mass is 10.2. The van der Waals surface area contributed by atoms with Crippen LogP contribution in [0, 0.1) is 0 Å². The van der Waals surface area contributed by atoms with Gasteiger partial charge in [0.2, 0.25) is 0 Å². The van der Waals surface area contributed by atoms with Gasteiger partial charge >= 0.3 is 0 Å². The maximum Gasteiger partial charge on any atom is 0.159 e. The Labute approximate surface area is 92.0 Å². The number of aromatic nitrogens is 2. The number of benzene rings is 1. The van der Waals surface area contributed by atoms with Crippen LogP contribution in [0.25, 0.3) is 5.69 Å². The number of hydrogen-bond acceptors (Lipinski definition) is 4. The van der Waals surface area contributed by atoms with Gasteiger partial charge in [-0.15, -0.1) is 0 Å². The highest BCUT2D eigenvalue weighted by Crippen LogP contribution is 2.35. The zero-order valence-corrected chi connectivity index (χ0v) is 8.51. The molecule has 0 bridgehead atoms. The fraction of sp³-hybridized carbons (Fsp3) is 0.182. The second-order valence-corrected chi connectivity index (χ2v) is 3.79. The van der Waals surface area contributed by atoms with Crippen LogP contribution in [-0.2, 0) is 6.42 Å². The molecule has 1 aliphatic rings. The summed E-state index contributed by atoms with van der Waals surface area (Å²) in [6.45, 7) is 0.781. The summed E-state index contributed by atoms with van der Waals surface area (Å²) in [5, 5.41) is 22.2. The zero-order chi connectivity index (χ0) is 11.1. The van der Waals surface area contributed by atoms with Crippen LogP contribution in [-0.4, -0.2) is 26.3 Å². The van der Waals surface area contributed by atoms with E-state index in [1.165, 1.54) is 12.1 Å². The van der Waals surface area contributed by atoms with Gasteiger partial charge in [-0.25, -0.2) is 4.98 Å². The highest BCUT2D eigenvalue weighted by molar-refractivity contribution is 5.68. The maximum atomic E-state index is 9.52. The van der Waals surface area contributed by atoms with E-state index in [0.29, 0.717) is 0 Å². The van der Waals surface area contributed by atoms with Gasteiger partial charge in [0.05, 0.1) is 17.7 Å². The molecule has 3 N–H and O–H groups in total. The Bertz CT molecular complexity index is 548. The van der Waals surface area contributed by atoms with E-state index >= 15 is 0 Å². The summed E-state index contributed by atoms with van der Waals surface area (Å²) in [6, 6.07) is 3.06. The number of fused-ring (bicyclic) bond motifs is 3. The van der Waals surface area contributed by atoms with Crippen molar-refractivity contribution in [1.29, 1.82) is 0 Å². The van der Waals surface area contributed by atoms with Crippen LogP contribution in [0.5, 0.6) is 11.5 Å². The van der Waals surface area contributed by atoms with Crippen LogP contribution in [0.2, 0.25) is 0 Å². The molecule has 0 atom stereocenters. The Morgan fingerprint density at radius 2 is 2.06 bits per heavy atom. The van der Waals surface area contributed by atoms with Crippen LogP contribution in [0.1, 0.15) is 5.69 Å². The first-order valence-corrected chi connectivity index (χ1v) is 5.07. The van der Waals surface area contributed by atoms with E-state index < -0.39 is 0 Å². The van der Waals surface area contributed by atoms with Gasteiger partial charge in [0.1, 0.15) is 0 Å². The zero-order valence-electron chi connectivity index (χ0n) is 8.51. The van der Waals surface area contributed by atoms with Gasteiger partial charge in [-0.1, -0.05) is 0 Å². The number of imidazole rings is 1. The molecule has 2 heterocycles. The predicted molar refractivity (Wildman–Crippen MR) is 59.1 cm³/mol. The van der Waals surface area contributed by atoms with Crippen molar-refractivity contribution in [2.24, 2.45) is 0 Å². The fourth-order valence-corrected chi connectivity index (χ4v) is 1.96. The molecule has 1 aromatic carbocycles. The molecule has 0 aliphatic carbocycles. The van der Waals surface area contributed by atoms with E-state index in [1.807, 2.05) is 4.57 Å². The lowest BCUT2D eigenvalue weighted by molar-refractivity contribution is 0.404. The number of nitrogens with one attached hydrogen (secondary N) is 1. The normalized spacial score (nSPS) is 13.5. The van der Waals surface area contributed by atoms with E-state index in [1.54, 1.807) is 12.5 Å². The largest absolute Gasteiger partial charge is 0.504 e. The Hall–Kier alpha value is -2.17. The number of rotatable bonds is 0. The summed E-state index contributed by atoms with van der Waals surface area (Å²) in [5.74, 6) is -0.239. The van der Waals surface area contributed by atoms with Gasteiger partial charge in [-0.05, 0) is 0 Å². The van der Waals surface area contributed by atoms with E-state index in [9.17, 15) is 10.2 Å². The topological polar surface area (TPSA) is 70.3 Å². The van der Waals surface area contributed by atoms with Gasteiger partial charge in [-0.2, -0.15) is 0 Å². The van der Waals surface area contributed by atoms with Gasteiger partial charge in [-0.3, -0.25) is 0 Å². The number of phenols is 2. The van der Waals surface area contributed by atoms with E-state index in [-0.39, 0.29) is 11.5 Å². The standard InChI is InChI=1S/C11H11N3O2/c15-10-3-8-9(4-11(10)16)14-6-12-5-7(14)1-2-13-8/h3-6,13,15-16H,1-2H2. The minimum absolute atomic E-state index is 0.116. The molecule has 82 valence electrons. The molecular weight excluding hydrogens is 206 g/mol. The predicted octanol–water partition coefficient (Wildman–Crippen LogP) is 1.25. The van der Waals surface area contributed by atoms with Crippen LogP contribution in [0.4, 0.5) is 5.69 Å². The minimum atomic E-state index is -0.123. The van der Waals surface area contributed by atoms with Crippen LogP contribution < -0.4 is 5.32 Å². The molecule has 2 aromatic rings. The third-order valence-electron chi connectivity index (χ3n) is 2.76. The van der Waals surface area contributed by atoms with Crippen LogP contribution in [0.3, 0.4) is 0 Å². The molecule has 0 unspecified atom stereocenters. The average Bonchev–Trinajstić information content (AvgIpc) is 2.65. The summed E-state index contributed by atoms with van der Waals surface area (Å²) in [5.41, 5.74) is 2.68. The van der Waals surface area contributed by atoms with Crippen molar-refractivity contribution in [1.82, 2.24) is 9.55 Å². The monoisotopic (exact) mass is 217 g/mol.